The van der Waals surface area contributed by atoms with Crippen LogP contribution in [-0.4, -0.2) is 17.6 Å². The molecule has 1 aliphatic carbocycles. The molecule has 2 rings (SSSR count). The number of rotatable bonds is 6. The van der Waals surface area contributed by atoms with Crippen LogP contribution in [0, 0.1) is 17.7 Å². The van der Waals surface area contributed by atoms with E-state index < -0.39 is 5.97 Å². The van der Waals surface area contributed by atoms with Crippen molar-refractivity contribution in [2.75, 3.05) is 6.54 Å². The van der Waals surface area contributed by atoms with Crippen molar-refractivity contribution in [3.05, 3.63) is 35.6 Å². The van der Waals surface area contributed by atoms with Gasteiger partial charge in [-0.15, -0.1) is 0 Å². The van der Waals surface area contributed by atoms with Crippen molar-refractivity contribution in [3.63, 3.8) is 0 Å². The monoisotopic (exact) mass is 293 g/mol. The van der Waals surface area contributed by atoms with Gasteiger partial charge >= 0.3 is 5.97 Å². The zero-order chi connectivity index (χ0) is 15.2. The van der Waals surface area contributed by atoms with Crippen molar-refractivity contribution in [2.45, 2.75) is 45.1 Å². The van der Waals surface area contributed by atoms with E-state index in [-0.39, 0.29) is 17.8 Å². The number of carbonyl (C=O) groups is 1. The van der Waals surface area contributed by atoms with Crippen molar-refractivity contribution in [3.8, 4) is 0 Å². The number of hydrogen-bond acceptors (Lipinski definition) is 2. The summed E-state index contributed by atoms with van der Waals surface area (Å²) in [6.07, 6.45) is 4.48. The number of hydrogen-bond donors (Lipinski definition) is 2. The van der Waals surface area contributed by atoms with Crippen LogP contribution in [0.4, 0.5) is 4.39 Å². The van der Waals surface area contributed by atoms with Gasteiger partial charge in [-0.2, -0.15) is 0 Å². The van der Waals surface area contributed by atoms with Gasteiger partial charge in [0.25, 0.3) is 0 Å². The quantitative estimate of drug-likeness (QED) is 0.839. The van der Waals surface area contributed by atoms with Crippen molar-refractivity contribution >= 4 is 5.97 Å². The molecule has 1 aliphatic rings. The Balaban J connectivity index is 1.81. The molecule has 1 aromatic rings. The Kier molecular flexibility index (Phi) is 5.74. The average molecular weight is 293 g/mol. The van der Waals surface area contributed by atoms with Gasteiger partial charge in [0.05, 0.1) is 5.92 Å². The highest BCUT2D eigenvalue weighted by Crippen LogP contribution is 2.29. The first-order valence-electron chi connectivity index (χ1n) is 7.81. The van der Waals surface area contributed by atoms with Crippen LogP contribution in [0.1, 0.15) is 50.6 Å². The highest BCUT2D eigenvalue weighted by Gasteiger charge is 2.26. The Morgan fingerprint density at radius 1 is 1.29 bits per heavy atom. The standard InChI is InChI=1S/C17H24FNO2/c1-2-16(13-7-9-15(18)10-8-13)19-11-12-3-5-14(6-4-12)17(20)21/h7-10,12,14,16,19H,2-6,11H2,1H3,(H,20,21). The lowest BCUT2D eigenvalue weighted by Crippen LogP contribution is -2.31. The minimum absolute atomic E-state index is 0.152. The second-order valence-electron chi connectivity index (χ2n) is 5.98. The fourth-order valence-corrected chi connectivity index (χ4v) is 3.12. The fourth-order valence-electron chi connectivity index (χ4n) is 3.12. The summed E-state index contributed by atoms with van der Waals surface area (Å²) in [5, 5.41) is 12.6. The van der Waals surface area contributed by atoms with Crippen LogP contribution in [0.5, 0.6) is 0 Å². The van der Waals surface area contributed by atoms with Gasteiger partial charge in [-0.05, 0) is 62.3 Å². The minimum Gasteiger partial charge on any atom is -0.481 e. The third kappa shape index (κ3) is 4.53. The van der Waals surface area contributed by atoms with Gasteiger partial charge in [0, 0.05) is 6.04 Å². The second kappa shape index (κ2) is 7.55. The first-order chi connectivity index (χ1) is 10.1. The molecule has 3 nitrogen and oxygen atoms in total. The Hall–Kier alpha value is -1.42. The van der Waals surface area contributed by atoms with Gasteiger partial charge in [0.15, 0.2) is 0 Å². The maximum Gasteiger partial charge on any atom is 0.306 e. The van der Waals surface area contributed by atoms with E-state index in [1.165, 1.54) is 12.1 Å². The zero-order valence-electron chi connectivity index (χ0n) is 12.5. The van der Waals surface area contributed by atoms with Crippen LogP contribution in [0.25, 0.3) is 0 Å². The lowest BCUT2D eigenvalue weighted by atomic mass is 9.82. The molecule has 1 fully saturated rings. The normalized spacial score (nSPS) is 23.7. The number of aliphatic carboxylic acids is 1. The van der Waals surface area contributed by atoms with E-state index in [4.69, 9.17) is 5.11 Å². The Morgan fingerprint density at radius 2 is 1.90 bits per heavy atom. The van der Waals surface area contributed by atoms with Gasteiger partial charge in [-0.1, -0.05) is 19.1 Å². The smallest absolute Gasteiger partial charge is 0.306 e. The van der Waals surface area contributed by atoms with Crippen molar-refractivity contribution < 1.29 is 14.3 Å². The van der Waals surface area contributed by atoms with E-state index in [0.29, 0.717) is 5.92 Å². The molecule has 0 aliphatic heterocycles. The molecule has 0 saturated heterocycles. The highest BCUT2D eigenvalue weighted by molar-refractivity contribution is 5.69. The largest absolute Gasteiger partial charge is 0.481 e. The molecule has 1 atom stereocenters. The molecule has 0 radical (unpaired) electrons. The van der Waals surface area contributed by atoms with Crippen LogP contribution in [0.3, 0.4) is 0 Å². The molecular formula is C17H24FNO2. The van der Waals surface area contributed by atoms with Crippen LogP contribution >= 0.6 is 0 Å². The topological polar surface area (TPSA) is 49.3 Å². The SMILES string of the molecule is CCC(NCC1CCC(C(=O)O)CC1)c1ccc(F)cc1. The van der Waals surface area contributed by atoms with E-state index in [0.717, 1.165) is 44.2 Å². The summed E-state index contributed by atoms with van der Waals surface area (Å²) in [5.41, 5.74) is 1.11. The molecular weight excluding hydrogens is 269 g/mol. The van der Waals surface area contributed by atoms with Crippen LogP contribution < -0.4 is 5.32 Å². The first-order valence-corrected chi connectivity index (χ1v) is 7.81. The molecule has 0 aromatic heterocycles. The molecule has 1 saturated carbocycles. The number of halogens is 1. The Labute approximate surface area is 125 Å². The molecule has 1 unspecified atom stereocenters. The molecule has 2 N–H and O–H groups in total. The zero-order valence-corrected chi connectivity index (χ0v) is 12.5. The maximum absolute atomic E-state index is 13.0. The summed E-state index contributed by atoms with van der Waals surface area (Å²) in [6, 6.07) is 6.90. The molecule has 4 heteroatoms. The molecule has 0 heterocycles. The molecule has 1 aromatic carbocycles. The lowest BCUT2D eigenvalue weighted by Gasteiger charge is -2.28. The third-order valence-corrected chi connectivity index (χ3v) is 4.53. The van der Waals surface area contributed by atoms with E-state index in [2.05, 4.69) is 12.2 Å². The summed E-state index contributed by atoms with van der Waals surface area (Å²) in [5.74, 6) is -0.463. The van der Waals surface area contributed by atoms with E-state index >= 15 is 0 Å². The number of carboxylic acid groups (broad SMARTS) is 1. The van der Waals surface area contributed by atoms with Crippen LogP contribution in [0.2, 0.25) is 0 Å². The molecule has 0 spiro atoms. The average Bonchev–Trinajstić information content (AvgIpc) is 2.50. The summed E-state index contributed by atoms with van der Waals surface area (Å²) < 4.78 is 13.0. The highest BCUT2D eigenvalue weighted by atomic mass is 19.1. The number of nitrogens with one attached hydrogen (secondary N) is 1. The first kappa shape index (κ1) is 16.0. The van der Waals surface area contributed by atoms with Crippen molar-refractivity contribution in [1.29, 1.82) is 0 Å². The van der Waals surface area contributed by atoms with Crippen LogP contribution in [-0.2, 0) is 4.79 Å². The van der Waals surface area contributed by atoms with Gasteiger partial charge in [-0.3, -0.25) is 4.79 Å². The van der Waals surface area contributed by atoms with E-state index in [9.17, 15) is 9.18 Å². The fraction of sp³-hybridized carbons (Fsp3) is 0.588. The van der Waals surface area contributed by atoms with E-state index in [1.54, 1.807) is 0 Å². The lowest BCUT2D eigenvalue weighted by molar-refractivity contribution is -0.143. The predicted molar refractivity (Wildman–Crippen MR) is 80.5 cm³/mol. The van der Waals surface area contributed by atoms with Crippen molar-refractivity contribution in [1.82, 2.24) is 5.32 Å². The second-order valence-corrected chi connectivity index (χ2v) is 5.98. The van der Waals surface area contributed by atoms with E-state index in [1.807, 2.05) is 12.1 Å². The summed E-state index contributed by atoms with van der Waals surface area (Å²) in [4.78, 5) is 10.9. The Morgan fingerprint density at radius 3 is 2.43 bits per heavy atom. The van der Waals surface area contributed by atoms with Crippen LogP contribution in [0.15, 0.2) is 24.3 Å². The minimum atomic E-state index is -0.654. The molecule has 21 heavy (non-hydrogen) atoms. The summed E-state index contributed by atoms with van der Waals surface area (Å²) >= 11 is 0. The summed E-state index contributed by atoms with van der Waals surface area (Å²) in [7, 11) is 0. The predicted octanol–water partition coefficient (Wildman–Crippen LogP) is 3.76. The summed E-state index contributed by atoms with van der Waals surface area (Å²) in [6.45, 7) is 3.02. The van der Waals surface area contributed by atoms with Gasteiger partial charge in [0.2, 0.25) is 0 Å². The maximum atomic E-state index is 13.0. The molecule has 0 amide bonds. The third-order valence-electron chi connectivity index (χ3n) is 4.53. The van der Waals surface area contributed by atoms with Gasteiger partial charge in [-0.25, -0.2) is 4.39 Å². The van der Waals surface area contributed by atoms with Gasteiger partial charge < -0.3 is 10.4 Å². The van der Waals surface area contributed by atoms with Gasteiger partial charge in [0.1, 0.15) is 5.82 Å². The van der Waals surface area contributed by atoms with Crippen molar-refractivity contribution in [2.24, 2.45) is 11.8 Å². The Bertz CT molecular complexity index is 452. The molecule has 0 bridgehead atoms. The molecule has 116 valence electrons. The number of benzene rings is 1. The number of carboxylic acids is 1.